The zero-order chi connectivity index (χ0) is 14.4. The summed E-state index contributed by atoms with van der Waals surface area (Å²) in [7, 11) is 4.85. The van der Waals surface area contributed by atoms with Crippen LogP contribution in [0.3, 0.4) is 0 Å². The quantitative estimate of drug-likeness (QED) is 0.757. The van der Waals surface area contributed by atoms with Gasteiger partial charge < -0.3 is 25.4 Å². The van der Waals surface area contributed by atoms with Crippen molar-refractivity contribution in [3.8, 4) is 11.5 Å². The van der Waals surface area contributed by atoms with Gasteiger partial charge in [-0.25, -0.2) is 0 Å². The maximum Gasteiger partial charge on any atom is 0.241 e. The number of methoxy groups -OCH3 is 2. The van der Waals surface area contributed by atoms with Crippen molar-refractivity contribution >= 4 is 17.3 Å². The Morgan fingerprint density at radius 1 is 1.32 bits per heavy atom. The van der Waals surface area contributed by atoms with Gasteiger partial charge >= 0.3 is 0 Å². The molecule has 0 unspecified atom stereocenters. The summed E-state index contributed by atoms with van der Waals surface area (Å²) in [4.78, 5) is 13.3. The minimum atomic E-state index is -0.00307. The molecule has 1 aromatic rings. The van der Waals surface area contributed by atoms with E-state index < -0.39 is 0 Å². The fraction of sp³-hybridized carbons (Fsp3) is 0.462. The molecule has 6 nitrogen and oxygen atoms in total. The molecule has 0 heterocycles. The number of nitrogens with one attached hydrogen (secondary N) is 1. The van der Waals surface area contributed by atoms with Gasteiger partial charge in [-0.2, -0.15) is 0 Å². The molecular formula is C13H21N3O3. The monoisotopic (exact) mass is 267 g/mol. The summed E-state index contributed by atoms with van der Waals surface area (Å²) in [6, 6.07) is 3.38. The number of likely N-dealkylation sites (N-methyl/N-ethyl adjacent to an activating group) is 1. The molecule has 0 saturated heterocycles. The fourth-order valence-corrected chi connectivity index (χ4v) is 1.53. The summed E-state index contributed by atoms with van der Waals surface area (Å²) >= 11 is 0. The van der Waals surface area contributed by atoms with Crippen molar-refractivity contribution in [2.45, 2.75) is 6.92 Å². The molecule has 3 N–H and O–H groups in total. The first-order valence-electron chi connectivity index (χ1n) is 6.02. The number of amides is 1. The predicted octanol–water partition coefficient (Wildman–Crippen LogP) is 1.18. The van der Waals surface area contributed by atoms with Crippen molar-refractivity contribution in [2.75, 3.05) is 45.4 Å². The Hall–Kier alpha value is -2.11. The van der Waals surface area contributed by atoms with Gasteiger partial charge in [-0.1, -0.05) is 0 Å². The van der Waals surface area contributed by atoms with Gasteiger partial charge in [-0.3, -0.25) is 4.79 Å². The van der Waals surface area contributed by atoms with Gasteiger partial charge in [-0.15, -0.1) is 0 Å². The van der Waals surface area contributed by atoms with E-state index in [0.717, 1.165) is 0 Å². The highest BCUT2D eigenvalue weighted by atomic mass is 16.5. The smallest absolute Gasteiger partial charge is 0.241 e. The molecule has 1 aromatic carbocycles. The Labute approximate surface area is 113 Å². The summed E-state index contributed by atoms with van der Waals surface area (Å²) in [6.45, 7) is 2.77. The Morgan fingerprint density at radius 3 is 2.42 bits per heavy atom. The Balaban J connectivity index is 2.81. The lowest BCUT2D eigenvalue weighted by atomic mass is 10.2. The summed E-state index contributed by atoms with van der Waals surface area (Å²) in [5.74, 6) is 1.12. The molecular weight excluding hydrogens is 246 g/mol. The number of carbonyl (C=O) groups excluding carboxylic acids is 1. The van der Waals surface area contributed by atoms with E-state index in [1.165, 1.54) is 0 Å². The third-order valence-electron chi connectivity index (χ3n) is 2.89. The minimum absolute atomic E-state index is 0.00307. The van der Waals surface area contributed by atoms with Crippen molar-refractivity contribution in [2.24, 2.45) is 0 Å². The molecule has 6 heteroatoms. The molecule has 0 spiro atoms. The Morgan fingerprint density at radius 2 is 1.89 bits per heavy atom. The molecule has 0 aliphatic rings. The van der Waals surface area contributed by atoms with Crippen molar-refractivity contribution in [3.63, 3.8) is 0 Å². The van der Waals surface area contributed by atoms with E-state index in [4.69, 9.17) is 15.2 Å². The van der Waals surface area contributed by atoms with Crippen LogP contribution in [0.2, 0.25) is 0 Å². The van der Waals surface area contributed by atoms with Gasteiger partial charge in [0.1, 0.15) is 0 Å². The maximum atomic E-state index is 11.7. The van der Waals surface area contributed by atoms with Gasteiger partial charge in [0.05, 0.1) is 32.1 Å². The van der Waals surface area contributed by atoms with E-state index >= 15 is 0 Å². The van der Waals surface area contributed by atoms with E-state index in [9.17, 15) is 4.79 Å². The number of nitrogen functional groups attached to an aromatic ring is 1. The van der Waals surface area contributed by atoms with Crippen LogP contribution in [0, 0.1) is 0 Å². The second-order valence-corrected chi connectivity index (χ2v) is 4.06. The predicted molar refractivity (Wildman–Crippen MR) is 75.8 cm³/mol. The first kappa shape index (κ1) is 14.9. The van der Waals surface area contributed by atoms with Crippen LogP contribution in [0.5, 0.6) is 11.5 Å². The molecule has 0 atom stereocenters. The normalized spacial score (nSPS) is 9.89. The van der Waals surface area contributed by atoms with Gasteiger partial charge in [0.2, 0.25) is 5.91 Å². The summed E-state index contributed by atoms with van der Waals surface area (Å²) in [6.07, 6.45) is 0. The molecule has 0 saturated carbocycles. The van der Waals surface area contributed by atoms with Crippen molar-refractivity contribution in [1.29, 1.82) is 0 Å². The Kier molecular flexibility index (Phi) is 5.29. The highest BCUT2D eigenvalue weighted by Gasteiger charge is 2.11. The van der Waals surface area contributed by atoms with Crippen molar-refractivity contribution in [1.82, 2.24) is 4.90 Å². The Bertz CT molecular complexity index is 449. The van der Waals surface area contributed by atoms with E-state index in [1.54, 1.807) is 38.3 Å². The molecule has 106 valence electrons. The van der Waals surface area contributed by atoms with Crippen LogP contribution in [0.4, 0.5) is 11.4 Å². The fourth-order valence-electron chi connectivity index (χ4n) is 1.53. The molecule has 1 amide bonds. The van der Waals surface area contributed by atoms with Crippen LogP contribution in [0.1, 0.15) is 6.92 Å². The number of nitrogens with zero attached hydrogens (tertiary/aromatic N) is 1. The van der Waals surface area contributed by atoms with Gasteiger partial charge in [-0.05, 0) is 6.92 Å². The van der Waals surface area contributed by atoms with E-state index in [0.29, 0.717) is 29.4 Å². The maximum absolute atomic E-state index is 11.7. The highest BCUT2D eigenvalue weighted by Crippen LogP contribution is 2.34. The summed E-state index contributed by atoms with van der Waals surface area (Å²) < 4.78 is 10.3. The van der Waals surface area contributed by atoms with Crippen molar-refractivity contribution in [3.05, 3.63) is 12.1 Å². The number of hydrogen-bond donors (Lipinski definition) is 2. The SMILES string of the molecule is CCN(C)C(=O)CNc1cc(OC)c(OC)cc1N. The van der Waals surface area contributed by atoms with Crippen molar-refractivity contribution < 1.29 is 14.3 Å². The second-order valence-electron chi connectivity index (χ2n) is 4.06. The van der Waals surface area contributed by atoms with Crippen LogP contribution in [0.25, 0.3) is 0 Å². The standard InChI is InChI=1S/C13H21N3O3/c1-5-16(2)13(17)8-15-10-7-12(19-4)11(18-3)6-9(10)14/h6-7,15H,5,8,14H2,1-4H3. The molecule has 1 rings (SSSR count). The number of nitrogens with two attached hydrogens (primary N) is 1. The van der Waals surface area contributed by atoms with E-state index in [1.807, 2.05) is 6.92 Å². The summed E-state index contributed by atoms with van der Waals surface area (Å²) in [5.41, 5.74) is 7.05. The van der Waals surface area contributed by atoms with Crippen LogP contribution in [-0.2, 0) is 4.79 Å². The molecule has 0 radical (unpaired) electrons. The van der Waals surface area contributed by atoms with Crippen LogP contribution < -0.4 is 20.5 Å². The molecule has 0 aliphatic carbocycles. The first-order valence-corrected chi connectivity index (χ1v) is 6.02. The average Bonchev–Trinajstić information content (AvgIpc) is 2.44. The molecule has 19 heavy (non-hydrogen) atoms. The zero-order valence-electron chi connectivity index (χ0n) is 11.8. The summed E-state index contributed by atoms with van der Waals surface area (Å²) in [5, 5.41) is 3.00. The lowest BCUT2D eigenvalue weighted by Crippen LogP contribution is -2.32. The average molecular weight is 267 g/mol. The minimum Gasteiger partial charge on any atom is -0.493 e. The highest BCUT2D eigenvalue weighted by molar-refractivity contribution is 5.82. The first-order chi connectivity index (χ1) is 9.03. The van der Waals surface area contributed by atoms with Gasteiger partial charge in [0.15, 0.2) is 11.5 Å². The van der Waals surface area contributed by atoms with Crippen LogP contribution in [0.15, 0.2) is 12.1 Å². The number of rotatable bonds is 6. The lowest BCUT2D eigenvalue weighted by Gasteiger charge is -2.17. The number of benzene rings is 1. The lowest BCUT2D eigenvalue weighted by molar-refractivity contribution is -0.127. The van der Waals surface area contributed by atoms with Gasteiger partial charge in [0.25, 0.3) is 0 Å². The molecule has 0 bridgehead atoms. The number of anilines is 2. The molecule has 0 fully saturated rings. The van der Waals surface area contributed by atoms with Crippen LogP contribution >= 0.6 is 0 Å². The van der Waals surface area contributed by atoms with E-state index in [-0.39, 0.29) is 12.5 Å². The van der Waals surface area contributed by atoms with E-state index in [2.05, 4.69) is 5.32 Å². The number of carbonyl (C=O) groups is 1. The largest absolute Gasteiger partial charge is 0.493 e. The second kappa shape index (κ2) is 6.72. The van der Waals surface area contributed by atoms with Crippen LogP contribution in [-0.4, -0.2) is 45.2 Å². The van der Waals surface area contributed by atoms with Gasteiger partial charge in [0, 0.05) is 25.7 Å². The topological polar surface area (TPSA) is 76.8 Å². The zero-order valence-corrected chi connectivity index (χ0v) is 11.8. The number of hydrogen-bond acceptors (Lipinski definition) is 5. The third kappa shape index (κ3) is 3.67. The third-order valence-corrected chi connectivity index (χ3v) is 2.89. The number of ether oxygens (including phenoxy) is 2. The molecule has 0 aromatic heterocycles. The molecule has 0 aliphatic heterocycles.